The average Bonchev–Trinajstić information content (AvgIpc) is 2.26. The molecule has 4 nitrogen and oxygen atoms in total. The lowest BCUT2D eigenvalue weighted by atomic mass is 10.1. The highest BCUT2D eigenvalue weighted by molar-refractivity contribution is 5.07. The van der Waals surface area contributed by atoms with Gasteiger partial charge in [-0.05, 0) is 26.0 Å². The summed E-state index contributed by atoms with van der Waals surface area (Å²) in [5.41, 5.74) is 2.08. The third-order valence-electron chi connectivity index (χ3n) is 2.37. The van der Waals surface area contributed by atoms with Gasteiger partial charge in [0.2, 0.25) is 0 Å². The number of nitrogens with one attached hydrogen (secondary N) is 1. The number of aromatic nitrogens is 2. The van der Waals surface area contributed by atoms with Crippen molar-refractivity contribution in [1.82, 2.24) is 15.3 Å². The summed E-state index contributed by atoms with van der Waals surface area (Å²) in [6.07, 6.45) is 3.63. The number of ether oxygens (including phenoxy) is 1. The fraction of sp³-hybridized carbons (Fsp3) is 0.667. The molecule has 0 amide bonds. The molecule has 0 aliphatic carbocycles. The van der Waals surface area contributed by atoms with Crippen molar-refractivity contribution in [3.05, 3.63) is 23.8 Å². The molecule has 1 unspecified atom stereocenters. The molecule has 0 bridgehead atoms. The zero-order chi connectivity index (χ0) is 11.8. The van der Waals surface area contributed by atoms with Crippen LogP contribution in [0.2, 0.25) is 0 Å². The lowest BCUT2D eigenvalue weighted by Crippen LogP contribution is -2.35. The Labute approximate surface area is 97.5 Å². The first-order valence-electron chi connectivity index (χ1n) is 5.76. The molecular weight excluding hydrogens is 202 g/mol. The summed E-state index contributed by atoms with van der Waals surface area (Å²) in [6.45, 7) is 5.86. The van der Waals surface area contributed by atoms with Gasteiger partial charge in [-0.1, -0.05) is 6.92 Å². The fourth-order valence-corrected chi connectivity index (χ4v) is 1.61. The number of nitrogens with zero attached hydrogens (tertiary/aromatic N) is 2. The van der Waals surface area contributed by atoms with Crippen LogP contribution in [0.4, 0.5) is 0 Å². The zero-order valence-electron chi connectivity index (χ0n) is 10.4. The molecule has 0 fully saturated rings. The van der Waals surface area contributed by atoms with Gasteiger partial charge in [-0.3, -0.25) is 0 Å². The minimum absolute atomic E-state index is 0.333. The third-order valence-corrected chi connectivity index (χ3v) is 2.37. The molecule has 0 spiro atoms. The maximum absolute atomic E-state index is 5.20. The van der Waals surface area contributed by atoms with Crippen molar-refractivity contribution < 1.29 is 4.74 Å². The largest absolute Gasteiger partial charge is 0.383 e. The van der Waals surface area contributed by atoms with Crippen molar-refractivity contribution in [2.24, 2.45) is 0 Å². The Morgan fingerprint density at radius 3 is 2.88 bits per heavy atom. The molecule has 1 heterocycles. The van der Waals surface area contributed by atoms with E-state index in [4.69, 9.17) is 4.74 Å². The van der Waals surface area contributed by atoms with Gasteiger partial charge >= 0.3 is 0 Å². The molecule has 1 aromatic rings. The van der Waals surface area contributed by atoms with E-state index in [-0.39, 0.29) is 0 Å². The second-order valence-electron chi connectivity index (χ2n) is 3.96. The van der Waals surface area contributed by atoms with Gasteiger partial charge in [0.05, 0.1) is 6.61 Å². The van der Waals surface area contributed by atoms with E-state index >= 15 is 0 Å². The smallest absolute Gasteiger partial charge is 0.115 e. The molecule has 0 aromatic carbocycles. The van der Waals surface area contributed by atoms with Gasteiger partial charge in [0.1, 0.15) is 6.33 Å². The minimum atomic E-state index is 0.333. The van der Waals surface area contributed by atoms with Crippen molar-refractivity contribution in [3.8, 4) is 0 Å². The Balaban J connectivity index is 2.52. The standard InChI is InChI=1S/C12H21N3O/c1-4-5-13-12(8-16-3)7-11-6-10(2)14-9-15-11/h6,9,12-13H,4-5,7-8H2,1-3H3. The highest BCUT2D eigenvalue weighted by Crippen LogP contribution is 2.02. The molecular formula is C12H21N3O. The van der Waals surface area contributed by atoms with Crippen LogP contribution < -0.4 is 5.32 Å². The number of rotatable bonds is 7. The molecule has 1 rings (SSSR count). The SMILES string of the molecule is CCCNC(COC)Cc1cc(C)ncn1. The molecule has 0 aliphatic heterocycles. The molecule has 1 N–H and O–H groups in total. The van der Waals surface area contributed by atoms with Crippen LogP contribution in [0, 0.1) is 6.92 Å². The highest BCUT2D eigenvalue weighted by atomic mass is 16.5. The lowest BCUT2D eigenvalue weighted by molar-refractivity contribution is 0.165. The molecule has 1 atom stereocenters. The molecule has 0 radical (unpaired) electrons. The summed E-state index contributed by atoms with van der Waals surface area (Å²) < 4.78 is 5.20. The Morgan fingerprint density at radius 2 is 2.25 bits per heavy atom. The van der Waals surface area contributed by atoms with E-state index in [2.05, 4.69) is 22.2 Å². The van der Waals surface area contributed by atoms with Crippen LogP contribution in [0.3, 0.4) is 0 Å². The van der Waals surface area contributed by atoms with E-state index in [9.17, 15) is 0 Å². The van der Waals surface area contributed by atoms with Crippen LogP contribution in [0.1, 0.15) is 24.7 Å². The summed E-state index contributed by atoms with van der Waals surface area (Å²) in [7, 11) is 1.73. The molecule has 4 heteroatoms. The maximum atomic E-state index is 5.20. The molecule has 16 heavy (non-hydrogen) atoms. The van der Waals surface area contributed by atoms with Crippen molar-refractivity contribution in [1.29, 1.82) is 0 Å². The van der Waals surface area contributed by atoms with Crippen LogP contribution >= 0.6 is 0 Å². The topological polar surface area (TPSA) is 47.0 Å². The molecule has 90 valence electrons. The van der Waals surface area contributed by atoms with Gasteiger partial charge in [0, 0.05) is 31.0 Å². The third kappa shape index (κ3) is 4.68. The zero-order valence-corrected chi connectivity index (χ0v) is 10.4. The van der Waals surface area contributed by atoms with Crippen LogP contribution in [-0.4, -0.2) is 36.3 Å². The number of aryl methyl sites for hydroxylation is 1. The summed E-state index contributed by atoms with van der Waals surface area (Å²) in [6, 6.07) is 2.36. The van der Waals surface area contributed by atoms with E-state index < -0.39 is 0 Å². The lowest BCUT2D eigenvalue weighted by Gasteiger charge is -2.17. The fourth-order valence-electron chi connectivity index (χ4n) is 1.61. The molecule has 1 aromatic heterocycles. The van der Waals surface area contributed by atoms with Gasteiger partial charge in [0.15, 0.2) is 0 Å². The average molecular weight is 223 g/mol. The number of methoxy groups -OCH3 is 1. The highest BCUT2D eigenvalue weighted by Gasteiger charge is 2.09. The van der Waals surface area contributed by atoms with Crippen molar-refractivity contribution in [2.45, 2.75) is 32.7 Å². The minimum Gasteiger partial charge on any atom is -0.383 e. The van der Waals surface area contributed by atoms with Crippen LogP contribution in [0.25, 0.3) is 0 Å². The normalized spacial score (nSPS) is 12.7. The number of hydrogen-bond donors (Lipinski definition) is 1. The summed E-state index contributed by atoms with van der Waals surface area (Å²) in [4.78, 5) is 8.36. The van der Waals surface area contributed by atoms with E-state index in [1.165, 1.54) is 0 Å². The van der Waals surface area contributed by atoms with Gasteiger partial charge in [0.25, 0.3) is 0 Å². The van der Waals surface area contributed by atoms with Crippen LogP contribution in [0.5, 0.6) is 0 Å². The predicted molar refractivity (Wildman–Crippen MR) is 64.4 cm³/mol. The first kappa shape index (κ1) is 13.1. The summed E-state index contributed by atoms with van der Waals surface area (Å²) in [5.74, 6) is 0. The molecule has 0 saturated carbocycles. The van der Waals surface area contributed by atoms with Gasteiger partial charge in [-0.15, -0.1) is 0 Å². The first-order chi connectivity index (χ1) is 7.76. The Hall–Kier alpha value is -1.00. The maximum Gasteiger partial charge on any atom is 0.115 e. The van der Waals surface area contributed by atoms with Crippen molar-refractivity contribution in [2.75, 3.05) is 20.3 Å². The van der Waals surface area contributed by atoms with Gasteiger partial charge < -0.3 is 10.1 Å². The number of hydrogen-bond acceptors (Lipinski definition) is 4. The second kappa shape index (κ2) is 7.30. The van der Waals surface area contributed by atoms with Crippen LogP contribution in [-0.2, 0) is 11.2 Å². The Bertz CT molecular complexity index is 304. The molecule has 0 saturated heterocycles. The van der Waals surface area contributed by atoms with Crippen molar-refractivity contribution in [3.63, 3.8) is 0 Å². The Kier molecular flexibility index (Phi) is 5.96. The second-order valence-corrected chi connectivity index (χ2v) is 3.96. The summed E-state index contributed by atoms with van der Waals surface area (Å²) in [5, 5.41) is 3.45. The Morgan fingerprint density at radius 1 is 1.44 bits per heavy atom. The van der Waals surface area contributed by atoms with Crippen LogP contribution in [0.15, 0.2) is 12.4 Å². The van der Waals surface area contributed by atoms with E-state index in [1.807, 2.05) is 13.0 Å². The van der Waals surface area contributed by atoms with E-state index in [1.54, 1.807) is 13.4 Å². The monoisotopic (exact) mass is 223 g/mol. The summed E-state index contributed by atoms with van der Waals surface area (Å²) >= 11 is 0. The van der Waals surface area contributed by atoms with E-state index in [0.717, 1.165) is 30.8 Å². The van der Waals surface area contributed by atoms with Crippen molar-refractivity contribution >= 4 is 0 Å². The first-order valence-corrected chi connectivity index (χ1v) is 5.76. The van der Waals surface area contributed by atoms with E-state index in [0.29, 0.717) is 12.6 Å². The predicted octanol–water partition coefficient (Wildman–Crippen LogP) is 1.34. The molecule has 0 aliphatic rings. The quantitative estimate of drug-likeness (QED) is 0.758. The van der Waals surface area contributed by atoms with Gasteiger partial charge in [-0.2, -0.15) is 0 Å². The van der Waals surface area contributed by atoms with Gasteiger partial charge in [-0.25, -0.2) is 9.97 Å².